The number of pyridine rings is 1. The fraction of sp³-hybridized carbons (Fsp3) is 0.100. The molecular formula is C60H46N4OPt-2. The number of nitrogens with zero attached hydrogens (tertiary/aromatic N) is 4. The third-order valence-corrected chi connectivity index (χ3v) is 12.8. The Balaban J connectivity index is 0.00000511. The van der Waals surface area contributed by atoms with Gasteiger partial charge in [-0.3, -0.25) is 4.57 Å². The summed E-state index contributed by atoms with van der Waals surface area (Å²) in [6.07, 6.45) is 5.75. The van der Waals surface area contributed by atoms with E-state index in [1.165, 1.54) is 5.56 Å². The van der Waals surface area contributed by atoms with E-state index in [-0.39, 0.29) is 26.5 Å². The minimum atomic E-state index is 0. The summed E-state index contributed by atoms with van der Waals surface area (Å²) in [6, 6.07) is 75.1. The second-order valence-corrected chi connectivity index (χ2v) is 17.7. The summed E-state index contributed by atoms with van der Waals surface area (Å²) in [7, 11) is 0. The molecule has 0 amide bonds. The Kier molecular flexibility index (Phi) is 11.3. The van der Waals surface area contributed by atoms with E-state index in [0.717, 1.165) is 83.4 Å². The third-order valence-electron chi connectivity index (χ3n) is 12.8. The summed E-state index contributed by atoms with van der Waals surface area (Å²) < 4.78 is 13.2. The summed E-state index contributed by atoms with van der Waals surface area (Å²) >= 11 is 0. The van der Waals surface area contributed by atoms with Gasteiger partial charge in [0.1, 0.15) is 5.82 Å². The Hall–Kier alpha value is -7.33. The predicted octanol–water partition coefficient (Wildman–Crippen LogP) is 14.7. The van der Waals surface area contributed by atoms with Gasteiger partial charge >= 0.3 is 0 Å². The van der Waals surface area contributed by atoms with Gasteiger partial charge in [-0.1, -0.05) is 173 Å². The van der Waals surface area contributed by atoms with Gasteiger partial charge in [0.15, 0.2) is 0 Å². The number of benzene rings is 8. The van der Waals surface area contributed by atoms with Crippen molar-refractivity contribution in [2.45, 2.75) is 33.6 Å². The molecular weight excluding hydrogens is 988 g/mol. The van der Waals surface area contributed by atoms with E-state index >= 15 is 0 Å². The fourth-order valence-electron chi connectivity index (χ4n) is 8.99. The van der Waals surface area contributed by atoms with Crippen LogP contribution in [0.1, 0.15) is 39.2 Å². The van der Waals surface area contributed by atoms with Crippen molar-refractivity contribution < 1.29 is 30.4 Å². The fourth-order valence-corrected chi connectivity index (χ4v) is 8.99. The van der Waals surface area contributed by atoms with Gasteiger partial charge in [-0.05, 0) is 85.6 Å². The Morgan fingerprint density at radius 1 is 0.561 bits per heavy atom. The first-order chi connectivity index (χ1) is 31.8. The number of ether oxygens (including phenoxy) is 1. The van der Waals surface area contributed by atoms with Gasteiger partial charge in [0, 0.05) is 44.3 Å². The van der Waals surface area contributed by atoms with Gasteiger partial charge in [-0.25, -0.2) is 4.98 Å². The van der Waals surface area contributed by atoms with E-state index in [2.05, 4.69) is 236 Å². The van der Waals surface area contributed by atoms with Crippen molar-refractivity contribution in [3.63, 3.8) is 0 Å². The van der Waals surface area contributed by atoms with Crippen LogP contribution in [0.2, 0.25) is 0 Å². The van der Waals surface area contributed by atoms with E-state index < -0.39 is 0 Å². The molecule has 0 aliphatic carbocycles. The molecule has 5 nitrogen and oxygen atoms in total. The molecule has 0 saturated heterocycles. The summed E-state index contributed by atoms with van der Waals surface area (Å²) in [6.45, 7) is 9.13. The molecule has 8 aromatic carbocycles. The zero-order chi connectivity index (χ0) is 44.1. The van der Waals surface area contributed by atoms with E-state index in [1.54, 1.807) is 0 Å². The van der Waals surface area contributed by atoms with Crippen molar-refractivity contribution in [3.05, 3.63) is 224 Å². The number of aromatic nitrogens is 4. The molecule has 0 spiro atoms. The normalized spacial score (nSPS) is 12.1. The van der Waals surface area contributed by atoms with Crippen LogP contribution in [0.5, 0.6) is 11.5 Å². The van der Waals surface area contributed by atoms with Crippen molar-refractivity contribution in [2.75, 3.05) is 0 Å². The smallest absolute Gasteiger partial charge is 0.268 e. The maximum atomic E-state index is 6.70. The molecule has 1 atom stereocenters. The zero-order valence-electron chi connectivity index (χ0n) is 37.1. The SMILES string of the molecule is CC(c1ccnc(-n2c3[c-]c(Oc4[c-]c(-n5[c-][n+](-c6c(-c7ccccc7)cccc6-c6ccccc6)c6cc(-c7ccccc7)ccc65)ccc4)ccc3c3ccccc32)c1)C(C)(C)C.[Pt]. The summed E-state index contributed by atoms with van der Waals surface area (Å²) in [5.74, 6) is 2.34. The average Bonchev–Trinajstić information content (AvgIpc) is 3.89. The minimum absolute atomic E-state index is 0. The van der Waals surface area contributed by atoms with Crippen LogP contribution in [-0.2, 0) is 21.1 Å². The molecule has 0 fully saturated rings. The van der Waals surface area contributed by atoms with Crippen LogP contribution >= 0.6 is 0 Å². The van der Waals surface area contributed by atoms with Crippen LogP contribution in [-0.4, -0.2) is 14.1 Å². The largest absolute Gasteiger partial charge is 0.510 e. The molecule has 3 heterocycles. The van der Waals surface area contributed by atoms with E-state index in [4.69, 9.17) is 9.72 Å². The number of para-hydroxylation sites is 2. The van der Waals surface area contributed by atoms with Crippen LogP contribution in [0.4, 0.5) is 0 Å². The molecule has 0 N–H and O–H groups in total. The molecule has 11 aromatic rings. The number of imidazole rings is 1. The average molecular weight is 1030 g/mol. The predicted molar refractivity (Wildman–Crippen MR) is 264 cm³/mol. The first-order valence-corrected chi connectivity index (χ1v) is 22.2. The quantitative estimate of drug-likeness (QED) is 0.107. The van der Waals surface area contributed by atoms with Crippen molar-refractivity contribution in [2.24, 2.45) is 5.41 Å². The summed E-state index contributed by atoms with van der Waals surface area (Å²) in [5, 5.41) is 2.22. The van der Waals surface area contributed by atoms with E-state index in [9.17, 15) is 0 Å². The van der Waals surface area contributed by atoms with Gasteiger partial charge < -0.3 is 13.9 Å². The Bertz CT molecular complexity index is 3460. The maximum absolute atomic E-state index is 6.70. The first-order valence-electron chi connectivity index (χ1n) is 22.2. The standard InChI is InChI=1S/C60H46N4O.Pt/c1-41(60(2,3)4)45-34-35-61-58(37-45)64-54-29-15-14-26-52(54)53-32-31-49(39-56(53)64)65-48-25-16-24-47(38-48)62-40-63(57-36-46(30-33-55(57)62)42-18-8-5-9-19-42)59-50(43-20-10-6-11-21-43)27-17-28-51(59)44-22-12-7-13-23-44;/h5-37,41H,1-4H3;/q-2;. The van der Waals surface area contributed by atoms with Crippen LogP contribution in [0.25, 0.3) is 83.4 Å². The van der Waals surface area contributed by atoms with Gasteiger partial charge in [0.25, 0.3) is 6.33 Å². The van der Waals surface area contributed by atoms with Crippen molar-refractivity contribution >= 4 is 32.8 Å². The van der Waals surface area contributed by atoms with Crippen molar-refractivity contribution in [1.82, 2.24) is 14.1 Å². The summed E-state index contributed by atoms with van der Waals surface area (Å²) in [5.41, 5.74) is 13.9. The first kappa shape index (κ1) is 42.6. The molecule has 0 radical (unpaired) electrons. The van der Waals surface area contributed by atoms with Crippen LogP contribution in [0.15, 0.2) is 200 Å². The Morgan fingerprint density at radius 2 is 1.20 bits per heavy atom. The molecule has 66 heavy (non-hydrogen) atoms. The number of hydrogen-bond acceptors (Lipinski definition) is 2. The molecule has 1 unspecified atom stereocenters. The second-order valence-electron chi connectivity index (χ2n) is 17.7. The molecule has 0 bridgehead atoms. The third kappa shape index (κ3) is 7.84. The van der Waals surface area contributed by atoms with Crippen molar-refractivity contribution in [1.29, 1.82) is 0 Å². The van der Waals surface area contributed by atoms with E-state index in [0.29, 0.717) is 17.4 Å². The molecule has 0 aliphatic heterocycles. The van der Waals surface area contributed by atoms with Gasteiger partial charge in [0.05, 0.1) is 16.7 Å². The molecule has 0 saturated carbocycles. The Labute approximate surface area is 400 Å². The van der Waals surface area contributed by atoms with Crippen molar-refractivity contribution in [3.8, 4) is 62.1 Å². The molecule has 324 valence electrons. The number of fused-ring (bicyclic) bond motifs is 4. The Morgan fingerprint density at radius 3 is 1.89 bits per heavy atom. The topological polar surface area (TPSA) is 35.9 Å². The van der Waals surface area contributed by atoms with E-state index in [1.807, 2.05) is 24.4 Å². The summed E-state index contributed by atoms with van der Waals surface area (Å²) in [4.78, 5) is 4.91. The monoisotopic (exact) mass is 1030 g/mol. The number of hydrogen-bond donors (Lipinski definition) is 0. The van der Waals surface area contributed by atoms with Crippen LogP contribution in [0.3, 0.4) is 0 Å². The second kappa shape index (κ2) is 17.6. The number of rotatable bonds is 9. The zero-order valence-corrected chi connectivity index (χ0v) is 39.4. The van der Waals surface area contributed by atoms with Gasteiger partial charge in [0.2, 0.25) is 0 Å². The van der Waals surface area contributed by atoms with Crippen LogP contribution in [0, 0.1) is 23.9 Å². The molecule has 11 rings (SSSR count). The van der Waals surface area contributed by atoms with Gasteiger partial charge in [-0.2, -0.15) is 18.2 Å². The molecule has 6 heteroatoms. The van der Waals surface area contributed by atoms with Crippen LogP contribution < -0.4 is 9.30 Å². The minimum Gasteiger partial charge on any atom is -0.510 e. The molecule has 0 aliphatic rings. The maximum Gasteiger partial charge on any atom is 0.268 e. The molecule has 3 aromatic heterocycles. The van der Waals surface area contributed by atoms with Gasteiger partial charge in [-0.15, -0.1) is 29.7 Å².